The predicted molar refractivity (Wildman–Crippen MR) is 88.9 cm³/mol. The van der Waals surface area contributed by atoms with Crippen molar-refractivity contribution in [3.8, 4) is 0 Å². The second kappa shape index (κ2) is 6.04. The van der Waals surface area contributed by atoms with Crippen molar-refractivity contribution in [2.45, 2.75) is 32.0 Å². The summed E-state index contributed by atoms with van der Waals surface area (Å²) in [6.07, 6.45) is 2.64. The van der Waals surface area contributed by atoms with Gasteiger partial charge in [-0.25, -0.2) is 0 Å². The van der Waals surface area contributed by atoms with Crippen LogP contribution in [0.15, 0.2) is 41.8 Å². The minimum Gasteiger partial charge on any atom is -0.389 e. The van der Waals surface area contributed by atoms with Crippen LogP contribution < -0.4 is 5.73 Å². The fourth-order valence-electron chi connectivity index (χ4n) is 2.41. The molecule has 0 bridgehead atoms. The van der Waals surface area contributed by atoms with Crippen molar-refractivity contribution >= 4 is 28.5 Å². The van der Waals surface area contributed by atoms with Crippen molar-refractivity contribution in [2.75, 3.05) is 0 Å². The van der Waals surface area contributed by atoms with Gasteiger partial charge in [-0.15, -0.1) is 11.3 Å². The molecule has 2 N–H and O–H groups in total. The number of benzene rings is 1. The summed E-state index contributed by atoms with van der Waals surface area (Å²) in [5.74, 6) is 0. The normalized spacial score (nSPS) is 14.7. The van der Waals surface area contributed by atoms with Gasteiger partial charge in [0.2, 0.25) is 0 Å². The smallest absolute Gasteiger partial charge is 0.103 e. The van der Waals surface area contributed by atoms with E-state index in [-0.39, 0.29) is 0 Å². The van der Waals surface area contributed by atoms with Gasteiger partial charge in [0.05, 0.1) is 0 Å². The minimum absolute atomic E-state index is 0.475. The molecule has 1 saturated carbocycles. The zero-order valence-electron chi connectivity index (χ0n) is 11.3. The second-order valence-electron chi connectivity index (χ2n) is 5.28. The van der Waals surface area contributed by atoms with Gasteiger partial charge in [0, 0.05) is 29.6 Å². The van der Waals surface area contributed by atoms with Crippen molar-refractivity contribution in [2.24, 2.45) is 5.73 Å². The Morgan fingerprint density at radius 3 is 2.75 bits per heavy atom. The number of nitrogens with zero attached hydrogens (tertiary/aromatic N) is 1. The summed E-state index contributed by atoms with van der Waals surface area (Å²) in [5, 5.41) is 2.15. The van der Waals surface area contributed by atoms with Crippen molar-refractivity contribution in [3.05, 3.63) is 57.8 Å². The second-order valence-corrected chi connectivity index (χ2v) is 6.75. The lowest BCUT2D eigenvalue weighted by molar-refractivity contribution is 0.248. The average Bonchev–Trinajstić information content (AvgIpc) is 3.17. The van der Waals surface area contributed by atoms with E-state index < -0.39 is 0 Å². The van der Waals surface area contributed by atoms with Crippen LogP contribution in [-0.2, 0) is 13.1 Å². The first-order chi connectivity index (χ1) is 9.72. The highest BCUT2D eigenvalue weighted by atomic mass is 32.1. The van der Waals surface area contributed by atoms with Gasteiger partial charge in [-0.2, -0.15) is 0 Å². The summed E-state index contributed by atoms with van der Waals surface area (Å²) in [4.78, 5) is 4.47. The largest absolute Gasteiger partial charge is 0.389 e. The lowest BCUT2D eigenvalue weighted by atomic mass is 10.1. The Kier molecular flexibility index (Phi) is 4.15. The predicted octanol–water partition coefficient (Wildman–Crippen LogP) is 3.55. The van der Waals surface area contributed by atoms with Crippen LogP contribution in [0, 0.1) is 0 Å². The number of nitrogens with two attached hydrogens (primary N) is 1. The molecule has 1 aliphatic rings. The van der Waals surface area contributed by atoms with E-state index in [1.165, 1.54) is 23.3 Å². The van der Waals surface area contributed by atoms with Crippen LogP contribution in [-0.4, -0.2) is 15.9 Å². The summed E-state index contributed by atoms with van der Waals surface area (Å²) in [5.41, 5.74) is 7.97. The van der Waals surface area contributed by atoms with E-state index in [0.717, 1.165) is 24.7 Å². The lowest BCUT2D eigenvalue weighted by Gasteiger charge is -2.21. The molecular formula is C16H18N2S2. The number of hydrogen-bond acceptors (Lipinski definition) is 3. The maximum atomic E-state index is 5.71. The fourth-order valence-corrected chi connectivity index (χ4v) is 3.27. The first kappa shape index (κ1) is 13.7. The quantitative estimate of drug-likeness (QED) is 0.828. The summed E-state index contributed by atoms with van der Waals surface area (Å²) < 4.78 is 0. The van der Waals surface area contributed by atoms with Crippen LogP contribution in [0.1, 0.15) is 28.8 Å². The van der Waals surface area contributed by atoms with Crippen molar-refractivity contribution < 1.29 is 0 Å². The highest BCUT2D eigenvalue weighted by molar-refractivity contribution is 7.80. The first-order valence-electron chi connectivity index (χ1n) is 6.87. The maximum Gasteiger partial charge on any atom is 0.103 e. The Morgan fingerprint density at radius 1 is 1.25 bits per heavy atom. The Morgan fingerprint density at radius 2 is 2.10 bits per heavy atom. The third kappa shape index (κ3) is 3.45. The topological polar surface area (TPSA) is 29.3 Å². The van der Waals surface area contributed by atoms with E-state index in [2.05, 4.69) is 34.5 Å². The Hall–Kier alpha value is -1.23. The molecule has 0 amide bonds. The van der Waals surface area contributed by atoms with Gasteiger partial charge in [0.15, 0.2) is 0 Å². The Bertz CT molecular complexity index is 588. The third-order valence-corrected chi connectivity index (χ3v) is 4.70. The fraction of sp³-hybridized carbons (Fsp3) is 0.312. The van der Waals surface area contributed by atoms with Crippen molar-refractivity contribution in [1.29, 1.82) is 0 Å². The molecule has 1 aromatic carbocycles. The molecule has 2 nitrogen and oxygen atoms in total. The van der Waals surface area contributed by atoms with Crippen molar-refractivity contribution in [1.82, 2.24) is 4.90 Å². The number of thiocarbonyl (C=S) groups is 1. The van der Waals surface area contributed by atoms with Crippen LogP contribution in [0.25, 0.3) is 0 Å². The molecule has 104 valence electrons. The number of thiophene rings is 1. The highest BCUT2D eigenvalue weighted by Gasteiger charge is 2.29. The van der Waals surface area contributed by atoms with Gasteiger partial charge >= 0.3 is 0 Å². The zero-order valence-corrected chi connectivity index (χ0v) is 12.9. The van der Waals surface area contributed by atoms with Gasteiger partial charge in [-0.1, -0.05) is 36.5 Å². The Balaban J connectivity index is 1.73. The zero-order chi connectivity index (χ0) is 13.9. The molecule has 4 heteroatoms. The van der Waals surface area contributed by atoms with Gasteiger partial charge < -0.3 is 5.73 Å². The molecule has 3 rings (SSSR count). The number of hydrogen-bond donors (Lipinski definition) is 1. The molecular weight excluding hydrogens is 284 g/mol. The van der Waals surface area contributed by atoms with Gasteiger partial charge in [0.1, 0.15) is 4.99 Å². The van der Waals surface area contributed by atoms with Gasteiger partial charge in [-0.3, -0.25) is 4.90 Å². The molecule has 2 aromatic rings. The van der Waals surface area contributed by atoms with Crippen LogP contribution in [0.3, 0.4) is 0 Å². The van der Waals surface area contributed by atoms with E-state index in [0.29, 0.717) is 4.99 Å². The van der Waals surface area contributed by atoms with Crippen LogP contribution in [0.4, 0.5) is 0 Å². The number of rotatable bonds is 6. The molecule has 0 radical (unpaired) electrons. The summed E-state index contributed by atoms with van der Waals surface area (Å²) >= 11 is 6.89. The van der Waals surface area contributed by atoms with E-state index in [9.17, 15) is 0 Å². The molecule has 0 saturated heterocycles. The standard InChI is InChI=1S/C16H18N2S2/c17-16(19)13-4-1-3-12(9-13)10-18(14-6-7-14)11-15-5-2-8-20-15/h1-5,8-9,14H,6-7,10-11H2,(H2,17,19). The maximum absolute atomic E-state index is 5.71. The molecule has 0 spiro atoms. The third-order valence-electron chi connectivity index (χ3n) is 3.60. The molecule has 1 aliphatic carbocycles. The van der Waals surface area contributed by atoms with Crippen molar-refractivity contribution in [3.63, 3.8) is 0 Å². The van der Waals surface area contributed by atoms with Gasteiger partial charge in [-0.05, 0) is 35.9 Å². The summed E-state index contributed by atoms with van der Waals surface area (Å²) in [6, 6.07) is 13.4. The van der Waals surface area contributed by atoms with E-state index in [4.69, 9.17) is 18.0 Å². The van der Waals surface area contributed by atoms with Crippen LogP contribution in [0.5, 0.6) is 0 Å². The van der Waals surface area contributed by atoms with Crippen LogP contribution in [0.2, 0.25) is 0 Å². The monoisotopic (exact) mass is 302 g/mol. The summed E-state index contributed by atoms with van der Waals surface area (Å²) in [7, 11) is 0. The van der Waals surface area contributed by atoms with E-state index >= 15 is 0 Å². The highest BCUT2D eigenvalue weighted by Crippen LogP contribution is 2.30. The first-order valence-corrected chi connectivity index (χ1v) is 8.16. The molecule has 1 aromatic heterocycles. The summed E-state index contributed by atoms with van der Waals surface area (Å²) in [6.45, 7) is 2.01. The minimum atomic E-state index is 0.475. The molecule has 1 heterocycles. The molecule has 0 atom stereocenters. The van der Waals surface area contributed by atoms with Gasteiger partial charge in [0.25, 0.3) is 0 Å². The van der Waals surface area contributed by atoms with E-state index in [1.54, 1.807) is 0 Å². The molecule has 1 fully saturated rings. The molecule has 0 unspecified atom stereocenters. The molecule has 0 aliphatic heterocycles. The average molecular weight is 302 g/mol. The lowest BCUT2D eigenvalue weighted by Crippen LogP contribution is -2.24. The van der Waals surface area contributed by atoms with E-state index in [1.807, 2.05) is 23.5 Å². The Labute approximate surface area is 129 Å². The SMILES string of the molecule is NC(=S)c1cccc(CN(Cc2cccs2)C2CC2)c1. The molecule has 20 heavy (non-hydrogen) atoms. The van der Waals surface area contributed by atoms with Crippen LogP contribution >= 0.6 is 23.6 Å².